The van der Waals surface area contributed by atoms with Crippen molar-refractivity contribution in [2.24, 2.45) is 5.92 Å². The molecule has 0 radical (unpaired) electrons. The minimum Gasteiger partial charge on any atom is -0.497 e. The summed E-state index contributed by atoms with van der Waals surface area (Å²) in [5, 5.41) is 10.7. The molecular formula is C16H23NO4S. The normalized spacial score (nSPS) is 11.9. The van der Waals surface area contributed by atoms with Gasteiger partial charge in [-0.1, -0.05) is 37.9 Å². The molecular weight excluding hydrogens is 302 g/mol. The Morgan fingerprint density at radius 1 is 1.32 bits per heavy atom. The van der Waals surface area contributed by atoms with E-state index in [2.05, 4.69) is 6.92 Å². The molecule has 1 aromatic rings. The van der Waals surface area contributed by atoms with Gasteiger partial charge in [-0.15, -0.1) is 0 Å². The van der Waals surface area contributed by atoms with Crippen LogP contribution in [-0.2, 0) is 4.79 Å². The molecule has 0 unspecified atom stereocenters. The highest BCUT2D eigenvalue weighted by atomic mass is 32.2. The van der Waals surface area contributed by atoms with E-state index in [1.807, 2.05) is 12.1 Å². The maximum Gasteiger partial charge on any atom is 0.207 e. The van der Waals surface area contributed by atoms with E-state index in [4.69, 9.17) is 4.74 Å². The molecule has 122 valence electrons. The highest BCUT2D eigenvalue weighted by Gasteiger charge is 2.19. The van der Waals surface area contributed by atoms with Crippen LogP contribution in [0.2, 0.25) is 0 Å². The number of benzene rings is 1. The van der Waals surface area contributed by atoms with Crippen LogP contribution in [0.1, 0.15) is 39.0 Å². The minimum absolute atomic E-state index is 0.0199. The third-order valence-electron chi connectivity index (χ3n) is 3.37. The fourth-order valence-electron chi connectivity index (χ4n) is 2.20. The number of ether oxygens (including phenoxy) is 1. The highest BCUT2D eigenvalue weighted by Crippen LogP contribution is 2.26. The zero-order valence-corrected chi connectivity index (χ0v) is 13.9. The molecule has 0 aliphatic carbocycles. The molecule has 5 nitrogen and oxygen atoms in total. The van der Waals surface area contributed by atoms with Crippen molar-refractivity contribution < 1.29 is 14.5 Å². The lowest BCUT2D eigenvalue weighted by Gasteiger charge is -2.11. The Balaban J connectivity index is 2.51. The van der Waals surface area contributed by atoms with Gasteiger partial charge in [0.25, 0.3) is 0 Å². The summed E-state index contributed by atoms with van der Waals surface area (Å²) in [5.74, 6) is 0.572. The molecule has 0 amide bonds. The predicted octanol–water partition coefficient (Wildman–Crippen LogP) is 4.18. The molecule has 0 aliphatic heterocycles. The number of hydrogen-bond donors (Lipinski definition) is 0. The lowest BCUT2D eigenvalue weighted by Crippen LogP contribution is -2.17. The topological polar surface area (TPSA) is 69.4 Å². The van der Waals surface area contributed by atoms with Crippen LogP contribution in [0.15, 0.2) is 29.2 Å². The first-order valence-corrected chi connectivity index (χ1v) is 8.33. The van der Waals surface area contributed by atoms with Crippen LogP contribution >= 0.6 is 11.8 Å². The standard InChI is InChI=1S/C16H23NO4S/c1-3-4-5-6-13(12-17(19)20)11-16(18)22-15-9-7-14(21-2)8-10-15/h7-10,13H,3-6,11-12H2,1-2H3/t13-/m0/s1. The number of thioether (sulfide) groups is 1. The minimum atomic E-state index is -0.318. The number of carbonyl (C=O) groups is 1. The maximum atomic E-state index is 12.1. The molecule has 0 fully saturated rings. The van der Waals surface area contributed by atoms with E-state index in [9.17, 15) is 14.9 Å². The van der Waals surface area contributed by atoms with Gasteiger partial charge in [0.1, 0.15) is 5.75 Å². The van der Waals surface area contributed by atoms with E-state index in [1.54, 1.807) is 19.2 Å². The SMILES string of the molecule is CCCCC[C@@H](CC(=O)Sc1ccc(OC)cc1)C[N+](=O)[O-]. The molecule has 1 aromatic carbocycles. The van der Waals surface area contributed by atoms with Crippen molar-refractivity contribution in [3.63, 3.8) is 0 Å². The van der Waals surface area contributed by atoms with Crippen molar-refractivity contribution in [1.82, 2.24) is 0 Å². The molecule has 6 heteroatoms. The molecule has 1 rings (SSSR count). The van der Waals surface area contributed by atoms with Crippen LogP contribution in [0.3, 0.4) is 0 Å². The lowest BCUT2D eigenvalue weighted by molar-refractivity contribution is -0.488. The van der Waals surface area contributed by atoms with E-state index in [1.165, 1.54) is 0 Å². The summed E-state index contributed by atoms with van der Waals surface area (Å²) >= 11 is 1.14. The molecule has 0 N–H and O–H groups in total. The second-order valence-corrected chi connectivity index (χ2v) is 6.36. The van der Waals surface area contributed by atoms with Crippen LogP contribution in [-0.4, -0.2) is 23.7 Å². The van der Waals surface area contributed by atoms with Crippen molar-refractivity contribution >= 4 is 16.9 Å². The van der Waals surface area contributed by atoms with Crippen LogP contribution in [0, 0.1) is 16.0 Å². The average Bonchev–Trinajstić information content (AvgIpc) is 2.47. The van der Waals surface area contributed by atoms with Gasteiger partial charge in [0.05, 0.1) is 7.11 Å². The number of nitrogens with zero attached hydrogens (tertiary/aromatic N) is 1. The number of methoxy groups -OCH3 is 1. The first-order chi connectivity index (χ1) is 10.5. The van der Waals surface area contributed by atoms with Gasteiger partial charge in [0.2, 0.25) is 6.54 Å². The van der Waals surface area contributed by atoms with Gasteiger partial charge in [-0.05, 0) is 30.7 Å². The van der Waals surface area contributed by atoms with E-state index in [-0.39, 0.29) is 28.9 Å². The van der Waals surface area contributed by atoms with E-state index in [0.717, 1.165) is 48.1 Å². The van der Waals surface area contributed by atoms with Crippen molar-refractivity contribution in [1.29, 1.82) is 0 Å². The summed E-state index contributed by atoms with van der Waals surface area (Å²) in [7, 11) is 1.59. The summed E-state index contributed by atoms with van der Waals surface area (Å²) < 4.78 is 5.07. The molecule has 0 heterocycles. The van der Waals surface area contributed by atoms with Gasteiger partial charge in [-0.3, -0.25) is 14.9 Å². The average molecular weight is 325 g/mol. The van der Waals surface area contributed by atoms with Gasteiger partial charge in [0, 0.05) is 22.2 Å². The van der Waals surface area contributed by atoms with Crippen LogP contribution in [0.4, 0.5) is 0 Å². The zero-order chi connectivity index (χ0) is 16.4. The number of carbonyl (C=O) groups excluding carboxylic acids is 1. The first kappa shape index (κ1) is 18.5. The van der Waals surface area contributed by atoms with E-state index >= 15 is 0 Å². The van der Waals surface area contributed by atoms with Crippen molar-refractivity contribution in [3.05, 3.63) is 34.4 Å². The Kier molecular flexibility index (Phi) is 8.58. The van der Waals surface area contributed by atoms with Crippen molar-refractivity contribution in [2.75, 3.05) is 13.7 Å². The first-order valence-electron chi connectivity index (χ1n) is 7.51. The summed E-state index contributed by atoms with van der Waals surface area (Å²) in [6, 6.07) is 7.23. The summed E-state index contributed by atoms with van der Waals surface area (Å²) in [6.07, 6.45) is 4.05. The molecule has 22 heavy (non-hydrogen) atoms. The lowest BCUT2D eigenvalue weighted by atomic mass is 9.98. The fraction of sp³-hybridized carbons (Fsp3) is 0.562. The van der Waals surface area contributed by atoms with E-state index < -0.39 is 0 Å². The molecule has 0 bridgehead atoms. The Bertz CT molecular complexity index is 476. The third kappa shape index (κ3) is 7.45. The van der Waals surface area contributed by atoms with Gasteiger partial charge in [-0.2, -0.15) is 0 Å². The molecule has 0 spiro atoms. The number of hydrogen-bond acceptors (Lipinski definition) is 5. The number of nitro groups is 1. The number of unbranched alkanes of at least 4 members (excludes halogenated alkanes) is 2. The third-order valence-corrected chi connectivity index (χ3v) is 4.27. The van der Waals surface area contributed by atoms with Crippen LogP contribution in [0.25, 0.3) is 0 Å². The molecule has 0 aromatic heterocycles. The summed E-state index contributed by atoms with van der Waals surface area (Å²) in [4.78, 5) is 23.3. The summed E-state index contributed by atoms with van der Waals surface area (Å²) in [6.45, 7) is 1.96. The monoisotopic (exact) mass is 325 g/mol. The maximum absolute atomic E-state index is 12.1. The molecule has 0 saturated carbocycles. The van der Waals surface area contributed by atoms with E-state index in [0.29, 0.717) is 0 Å². The largest absolute Gasteiger partial charge is 0.497 e. The van der Waals surface area contributed by atoms with Gasteiger partial charge in [0.15, 0.2) is 5.12 Å². The Hall–Kier alpha value is -1.56. The van der Waals surface area contributed by atoms with Crippen molar-refractivity contribution in [3.8, 4) is 5.75 Å². The highest BCUT2D eigenvalue weighted by molar-refractivity contribution is 8.13. The van der Waals surface area contributed by atoms with Crippen LogP contribution < -0.4 is 4.74 Å². The molecule has 0 saturated heterocycles. The van der Waals surface area contributed by atoms with Crippen molar-refractivity contribution in [2.45, 2.75) is 43.9 Å². The Labute approximate surface area is 135 Å². The second kappa shape index (κ2) is 10.2. The predicted molar refractivity (Wildman–Crippen MR) is 88.0 cm³/mol. The summed E-state index contributed by atoms with van der Waals surface area (Å²) in [5.41, 5.74) is 0. The van der Waals surface area contributed by atoms with Crippen LogP contribution in [0.5, 0.6) is 5.75 Å². The molecule has 1 atom stereocenters. The smallest absolute Gasteiger partial charge is 0.207 e. The fourth-order valence-corrected chi connectivity index (χ4v) is 3.06. The zero-order valence-electron chi connectivity index (χ0n) is 13.1. The van der Waals surface area contributed by atoms with Gasteiger partial charge in [-0.25, -0.2) is 0 Å². The second-order valence-electron chi connectivity index (χ2n) is 5.23. The Morgan fingerprint density at radius 3 is 2.55 bits per heavy atom. The number of rotatable bonds is 10. The Morgan fingerprint density at radius 2 is 2.00 bits per heavy atom. The van der Waals surface area contributed by atoms with Gasteiger partial charge < -0.3 is 4.74 Å². The van der Waals surface area contributed by atoms with Gasteiger partial charge >= 0.3 is 0 Å². The quantitative estimate of drug-likeness (QED) is 0.279. The molecule has 0 aliphatic rings.